The summed E-state index contributed by atoms with van der Waals surface area (Å²) in [5, 5.41) is 6.74. The molecule has 144 valence electrons. The summed E-state index contributed by atoms with van der Waals surface area (Å²) in [5.41, 5.74) is 3.17. The highest BCUT2D eigenvalue weighted by Gasteiger charge is 2.09. The molecule has 0 atom stereocenters. The Labute approximate surface area is 169 Å². The Morgan fingerprint density at radius 3 is 2.50 bits per heavy atom. The van der Waals surface area contributed by atoms with Crippen LogP contribution in [0.1, 0.15) is 16.1 Å². The van der Waals surface area contributed by atoms with Crippen molar-refractivity contribution in [2.75, 3.05) is 36.2 Å². The number of hydrogen-bond donors (Lipinski definition) is 2. The maximum Gasteiger partial charge on any atom is 0.275 e. The summed E-state index contributed by atoms with van der Waals surface area (Å²) in [7, 11) is 3.93. The highest BCUT2D eigenvalue weighted by Crippen LogP contribution is 2.16. The zero-order valence-corrected chi connectivity index (χ0v) is 16.6. The minimum Gasteiger partial charge on any atom is -0.378 e. The van der Waals surface area contributed by atoms with Gasteiger partial charge in [0.1, 0.15) is 11.5 Å². The van der Waals surface area contributed by atoms with E-state index in [1.807, 2.05) is 67.5 Å². The number of anilines is 3. The predicted octanol–water partition coefficient (Wildman–Crippen LogP) is 4.10. The molecule has 0 saturated carbocycles. The molecule has 1 amide bonds. The first-order chi connectivity index (χ1) is 13.5. The number of hydrogen-bond acceptors (Lipinski definition) is 5. The van der Waals surface area contributed by atoms with E-state index in [2.05, 4.69) is 20.6 Å². The summed E-state index contributed by atoms with van der Waals surface area (Å²) in [6.45, 7) is 0.693. The Morgan fingerprint density at radius 1 is 1.07 bits per heavy atom. The third-order valence-corrected chi connectivity index (χ3v) is 4.37. The Balaban J connectivity index is 1.52. The van der Waals surface area contributed by atoms with E-state index in [4.69, 9.17) is 11.6 Å². The molecule has 7 heteroatoms. The van der Waals surface area contributed by atoms with Crippen molar-refractivity contribution in [1.82, 2.24) is 9.97 Å². The minimum atomic E-state index is -0.296. The van der Waals surface area contributed by atoms with Crippen LogP contribution in [-0.2, 0) is 6.42 Å². The summed E-state index contributed by atoms with van der Waals surface area (Å²) in [6.07, 6.45) is 3.83. The van der Waals surface area contributed by atoms with Gasteiger partial charge in [-0.25, -0.2) is 9.97 Å². The molecule has 0 aliphatic carbocycles. The van der Waals surface area contributed by atoms with Gasteiger partial charge < -0.3 is 15.5 Å². The average Bonchev–Trinajstić information content (AvgIpc) is 2.69. The highest BCUT2D eigenvalue weighted by molar-refractivity contribution is 6.30. The molecule has 3 rings (SSSR count). The molecule has 0 bridgehead atoms. The third-order valence-electron chi connectivity index (χ3n) is 4.13. The number of amides is 1. The second-order valence-corrected chi connectivity index (χ2v) is 6.93. The van der Waals surface area contributed by atoms with Crippen molar-refractivity contribution in [2.24, 2.45) is 0 Å². The van der Waals surface area contributed by atoms with Crippen molar-refractivity contribution < 1.29 is 4.79 Å². The standard InChI is InChI=1S/C21H22ClN5O/c1-27(2)18-8-6-17(7-9-18)26-21(28)19-13-25-20(14-24-19)23-11-10-15-4-3-5-16(22)12-15/h3-9,12-14H,10-11H2,1-2H3,(H,23,25)(H,26,28). The Bertz CT molecular complexity index is 926. The molecule has 28 heavy (non-hydrogen) atoms. The smallest absolute Gasteiger partial charge is 0.275 e. The van der Waals surface area contributed by atoms with Crippen LogP contribution in [0.25, 0.3) is 0 Å². The molecule has 0 fully saturated rings. The van der Waals surface area contributed by atoms with E-state index in [-0.39, 0.29) is 11.6 Å². The number of halogens is 1. The van der Waals surface area contributed by atoms with Gasteiger partial charge in [-0.15, -0.1) is 0 Å². The van der Waals surface area contributed by atoms with Crippen LogP contribution in [0, 0.1) is 0 Å². The number of carbonyl (C=O) groups is 1. The van der Waals surface area contributed by atoms with Crippen LogP contribution in [0.15, 0.2) is 60.9 Å². The maximum atomic E-state index is 12.3. The largest absolute Gasteiger partial charge is 0.378 e. The Hall–Kier alpha value is -3.12. The van der Waals surface area contributed by atoms with E-state index in [0.717, 1.165) is 22.7 Å². The minimum absolute atomic E-state index is 0.261. The molecule has 1 heterocycles. The van der Waals surface area contributed by atoms with E-state index < -0.39 is 0 Å². The second kappa shape index (κ2) is 9.19. The van der Waals surface area contributed by atoms with Crippen molar-refractivity contribution >= 4 is 34.7 Å². The lowest BCUT2D eigenvalue weighted by atomic mass is 10.1. The first-order valence-electron chi connectivity index (χ1n) is 8.90. The molecule has 0 radical (unpaired) electrons. The van der Waals surface area contributed by atoms with Gasteiger partial charge in [0.25, 0.3) is 5.91 Å². The van der Waals surface area contributed by atoms with Crippen molar-refractivity contribution in [2.45, 2.75) is 6.42 Å². The van der Waals surface area contributed by atoms with Gasteiger partial charge in [0.05, 0.1) is 12.4 Å². The molecule has 0 spiro atoms. The van der Waals surface area contributed by atoms with E-state index >= 15 is 0 Å². The molecule has 0 aliphatic heterocycles. The van der Waals surface area contributed by atoms with Gasteiger partial charge in [0.2, 0.25) is 0 Å². The van der Waals surface area contributed by atoms with Crippen LogP contribution in [0.2, 0.25) is 5.02 Å². The van der Waals surface area contributed by atoms with Crippen molar-refractivity contribution in [3.8, 4) is 0 Å². The van der Waals surface area contributed by atoms with Crippen molar-refractivity contribution in [1.29, 1.82) is 0 Å². The normalized spacial score (nSPS) is 10.4. The van der Waals surface area contributed by atoms with Gasteiger partial charge >= 0.3 is 0 Å². The summed E-state index contributed by atoms with van der Waals surface area (Å²) >= 11 is 5.98. The monoisotopic (exact) mass is 395 g/mol. The topological polar surface area (TPSA) is 70.2 Å². The Morgan fingerprint density at radius 2 is 1.86 bits per heavy atom. The number of aromatic nitrogens is 2. The lowest BCUT2D eigenvalue weighted by molar-refractivity contribution is 0.102. The van der Waals surface area contributed by atoms with E-state index in [9.17, 15) is 4.79 Å². The van der Waals surface area contributed by atoms with Crippen LogP contribution in [0.5, 0.6) is 0 Å². The highest BCUT2D eigenvalue weighted by atomic mass is 35.5. The first kappa shape index (κ1) is 19.6. The lowest BCUT2D eigenvalue weighted by Gasteiger charge is -2.13. The van der Waals surface area contributed by atoms with Crippen molar-refractivity contribution in [3.05, 3.63) is 77.2 Å². The molecule has 0 aliphatic rings. The van der Waals surface area contributed by atoms with E-state index in [1.54, 1.807) is 6.20 Å². The van der Waals surface area contributed by atoms with Crippen LogP contribution < -0.4 is 15.5 Å². The van der Waals surface area contributed by atoms with Crippen LogP contribution in [-0.4, -0.2) is 36.5 Å². The fourth-order valence-electron chi connectivity index (χ4n) is 2.60. The first-order valence-corrected chi connectivity index (χ1v) is 9.28. The number of benzene rings is 2. The Kier molecular flexibility index (Phi) is 6.45. The van der Waals surface area contributed by atoms with Crippen LogP contribution in [0.4, 0.5) is 17.2 Å². The molecular weight excluding hydrogens is 374 g/mol. The zero-order chi connectivity index (χ0) is 19.9. The molecule has 2 aromatic carbocycles. The van der Waals surface area contributed by atoms with Gasteiger partial charge in [0.15, 0.2) is 0 Å². The zero-order valence-electron chi connectivity index (χ0n) is 15.8. The van der Waals surface area contributed by atoms with Gasteiger partial charge in [-0.2, -0.15) is 0 Å². The summed E-state index contributed by atoms with van der Waals surface area (Å²) in [5.74, 6) is 0.324. The molecule has 0 unspecified atom stereocenters. The average molecular weight is 396 g/mol. The molecule has 2 N–H and O–H groups in total. The van der Waals surface area contributed by atoms with Gasteiger partial charge in [-0.3, -0.25) is 4.79 Å². The van der Waals surface area contributed by atoms with Gasteiger partial charge in [-0.05, 0) is 48.4 Å². The summed E-state index contributed by atoms with van der Waals surface area (Å²) in [6, 6.07) is 15.3. The molecule has 3 aromatic rings. The summed E-state index contributed by atoms with van der Waals surface area (Å²) < 4.78 is 0. The quantitative estimate of drug-likeness (QED) is 0.630. The number of nitrogens with zero attached hydrogens (tertiary/aromatic N) is 3. The lowest BCUT2D eigenvalue weighted by Crippen LogP contribution is -2.15. The van der Waals surface area contributed by atoms with Crippen molar-refractivity contribution in [3.63, 3.8) is 0 Å². The number of rotatable bonds is 7. The fraction of sp³-hybridized carbons (Fsp3) is 0.190. The maximum absolute atomic E-state index is 12.3. The fourth-order valence-corrected chi connectivity index (χ4v) is 2.81. The molecular formula is C21H22ClN5O. The molecule has 0 saturated heterocycles. The number of carbonyl (C=O) groups excluding carboxylic acids is 1. The van der Waals surface area contributed by atoms with Gasteiger partial charge in [-0.1, -0.05) is 23.7 Å². The third kappa shape index (κ3) is 5.44. The van der Waals surface area contributed by atoms with Crippen LogP contribution in [0.3, 0.4) is 0 Å². The second-order valence-electron chi connectivity index (χ2n) is 6.49. The van der Waals surface area contributed by atoms with Crippen LogP contribution >= 0.6 is 11.6 Å². The van der Waals surface area contributed by atoms with E-state index in [0.29, 0.717) is 18.1 Å². The van der Waals surface area contributed by atoms with Gasteiger partial charge in [0, 0.05) is 37.0 Å². The molecule has 6 nitrogen and oxygen atoms in total. The SMILES string of the molecule is CN(C)c1ccc(NC(=O)c2cnc(NCCc3cccc(Cl)c3)cn2)cc1. The summed E-state index contributed by atoms with van der Waals surface area (Å²) in [4.78, 5) is 22.8. The predicted molar refractivity (Wildman–Crippen MR) is 114 cm³/mol. The molecule has 1 aromatic heterocycles. The number of nitrogens with one attached hydrogen (secondary N) is 2. The van der Waals surface area contributed by atoms with E-state index in [1.165, 1.54) is 6.20 Å².